The molecule has 0 aliphatic carbocycles. The van der Waals surface area contributed by atoms with Crippen LogP contribution in [0.25, 0.3) is 0 Å². The topological polar surface area (TPSA) is 61.7 Å². The second-order valence-corrected chi connectivity index (χ2v) is 9.47. The first-order valence-corrected chi connectivity index (χ1v) is 12.2. The molecule has 188 valence electrons. The summed E-state index contributed by atoms with van der Waals surface area (Å²) >= 11 is 0. The number of carbonyl (C=O) groups excluding carboxylic acids is 2. The van der Waals surface area contributed by atoms with Crippen molar-refractivity contribution in [3.8, 4) is 11.8 Å². The van der Waals surface area contributed by atoms with Crippen LogP contribution in [0.1, 0.15) is 36.5 Å². The first-order valence-electron chi connectivity index (χ1n) is 12.2. The number of amides is 3. The second-order valence-electron chi connectivity index (χ2n) is 9.47. The third-order valence-corrected chi connectivity index (χ3v) is 7.13. The number of anilines is 2. The lowest BCUT2D eigenvalue weighted by atomic mass is 9.82. The minimum Gasteiger partial charge on any atom is -0.307 e. The molecule has 2 aliphatic rings. The van der Waals surface area contributed by atoms with Crippen molar-refractivity contribution in [2.75, 3.05) is 22.9 Å². The van der Waals surface area contributed by atoms with Gasteiger partial charge in [-0.1, -0.05) is 43.5 Å². The highest BCUT2D eigenvalue weighted by Gasteiger charge is 2.55. The number of hydrogen-bond acceptors (Lipinski definition) is 3. The van der Waals surface area contributed by atoms with Crippen LogP contribution in [0, 0.1) is 24.6 Å². The Morgan fingerprint density at radius 1 is 1.11 bits per heavy atom. The number of halogens is 1. The Labute approximate surface area is 215 Å². The van der Waals surface area contributed by atoms with Crippen molar-refractivity contribution in [3.05, 3.63) is 89.6 Å². The Hall–Kier alpha value is -4.38. The quantitative estimate of drug-likeness (QED) is 0.497. The number of fused-ring (bicyclic) bond motifs is 1. The maximum Gasteiger partial charge on any atom is 0.329 e. The summed E-state index contributed by atoms with van der Waals surface area (Å²) in [6.07, 6.45) is 4.04. The molecule has 2 aliphatic heterocycles. The van der Waals surface area contributed by atoms with Gasteiger partial charge in [0.05, 0.1) is 17.6 Å². The number of carbonyl (C=O) groups is 2. The number of aromatic nitrogens is 2. The van der Waals surface area contributed by atoms with Crippen LogP contribution in [0.2, 0.25) is 0 Å². The van der Waals surface area contributed by atoms with Crippen LogP contribution in [0.4, 0.5) is 20.6 Å². The van der Waals surface area contributed by atoms with Gasteiger partial charge in [0.15, 0.2) is 0 Å². The Bertz CT molecular complexity index is 1450. The third-order valence-electron chi connectivity index (χ3n) is 7.13. The van der Waals surface area contributed by atoms with Crippen molar-refractivity contribution < 1.29 is 14.0 Å². The summed E-state index contributed by atoms with van der Waals surface area (Å²) in [7, 11) is 1.79. The van der Waals surface area contributed by atoms with Gasteiger partial charge >= 0.3 is 6.03 Å². The monoisotopic (exact) mass is 497 g/mol. The molecule has 5 rings (SSSR count). The maximum absolute atomic E-state index is 15.5. The molecule has 3 heterocycles. The Balaban J connectivity index is 1.47. The zero-order valence-corrected chi connectivity index (χ0v) is 21.2. The molecular weight excluding hydrogens is 469 g/mol. The molecule has 8 heteroatoms. The summed E-state index contributed by atoms with van der Waals surface area (Å²) in [6.45, 7) is 8.40. The van der Waals surface area contributed by atoms with E-state index >= 15 is 4.39 Å². The van der Waals surface area contributed by atoms with Crippen LogP contribution in [0.15, 0.2) is 67.1 Å². The second kappa shape index (κ2) is 9.25. The molecule has 3 aromatic rings. The van der Waals surface area contributed by atoms with E-state index in [-0.39, 0.29) is 18.0 Å². The molecule has 0 bridgehead atoms. The number of rotatable bonds is 3. The molecule has 1 unspecified atom stereocenters. The number of benzene rings is 2. The van der Waals surface area contributed by atoms with Gasteiger partial charge in [0.25, 0.3) is 5.91 Å². The molecule has 1 atom stereocenters. The molecule has 3 amide bonds. The maximum atomic E-state index is 15.5. The van der Waals surface area contributed by atoms with Gasteiger partial charge < -0.3 is 9.80 Å². The standard InChI is InChI=1S/C29H28FN5O2/c1-5-29-17-21(3)35(28(37)34(29)14-13-33(27(29)36)24-18-31-32(4)19-24)26-20(2)15-23(16-25(26)30)12-11-22-9-7-6-8-10-22/h6-10,15-16,18-19H,3,5,13-14,17H2,1-2,4H3. The number of piperazine rings is 1. The fourth-order valence-corrected chi connectivity index (χ4v) is 5.28. The van der Waals surface area contributed by atoms with Gasteiger partial charge in [-0.05, 0) is 43.2 Å². The van der Waals surface area contributed by atoms with E-state index in [0.717, 1.165) is 5.56 Å². The number of urea groups is 1. The van der Waals surface area contributed by atoms with E-state index < -0.39 is 17.4 Å². The van der Waals surface area contributed by atoms with E-state index in [9.17, 15) is 9.59 Å². The third kappa shape index (κ3) is 4.06. The minimum atomic E-state index is -1.08. The van der Waals surface area contributed by atoms with Gasteiger partial charge in [0.1, 0.15) is 11.4 Å². The molecule has 2 saturated heterocycles. The predicted octanol–water partition coefficient (Wildman–Crippen LogP) is 4.61. The summed E-state index contributed by atoms with van der Waals surface area (Å²) in [5.41, 5.74) is 2.05. The molecule has 2 fully saturated rings. The van der Waals surface area contributed by atoms with E-state index in [4.69, 9.17) is 0 Å². The Kier molecular flexibility index (Phi) is 6.08. The summed E-state index contributed by atoms with van der Waals surface area (Å²) in [5.74, 6) is 5.30. The number of nitrogens with zero attached hydrogens (tertiary/aromatic N) is 5. The molecule has 0 N–H and O–H groups in total. The zero-order valence-electron chi connectivity index (χ0n) is 21.2. The molecule has 37 heavy (non-hydrogen) atoms. The first-order chi connectivity index (χ1) is 17.7. The van der Waals surface area contributed by atoms with Crippen LogP contribution < -0.4 is 9.80 Å². The average Bonchev–Trinajstić information content (AvgIpc) is 3.31. The molecule has 1 aromatic heterocycles. The highest BCUT2D eigenvalue weighted by atomic mass is 19.1. The fourth-order valence-electron chi connectivity index (χ4n) is 5.28. The lowest BCUT2D eigenvalue weighted by Crippen LogP contribution is -2.72. The summed E-state index contributed by atoms with van der Waals surface area (Å²) < 4.78 is 17.2. The van der Waals surface area contributed by atoms with Crippen LogP contribution in [-0.2, 0) is 11.8 Å². The van der Waals surface area contributed by atoms with E-state index in [1.165, 1.54) is 11.0 Å². The summed E-state index contributed by atoms with van der Waals surface area (Å²) in [5, 5.41) is 4.18. The van der Waals surface area contributed by atoms with Gasteiger partial charge in [0, 0.05) is 49.6 Å². The van der Waals surface area contributed by atoms with Crippen molar-refractivity contribution in [3.63, 3.8) is 0 Å². The fraction of sp³-hybridized carbons (Fsp3) is 0.276. The lowest BCUT2D eigenvalue weighted by Gasteiger charge is -2.54. The SMILES string of the molecule is C=C1CC2(CC)C(=O)N(c3cnn(C)c3)CCN2C(=O)N1c1c(C)cc(C#Cc2ccccc2)cc1F. The molecule has 0 radical (unpaired) electrons. The first kappa shape index (κ1) is 24.3. The minimum absolute atomic E-state index is 0.145. The van der Waals surface area contributed by atoms with Crippen molar-refractivity contribution >= 4 is 23.3 Å². The predicted molar refractivity (Wildman–Crippen MR) is 140 cm³/mol. The van der Waals surface area contributed by atoms with Gasteiger partial charge in [-0.2, -0.15) is 5.10 Å². The number of hydrogen-bond donors (Lipinski definition) is 0. The highest BCUT2D eigenvalue weighted by molar-refractivity contribution is 6.08. The molecular formula is C29H28FN5O2. The summed E-state index contributed by atoms with van der Waals surface area (Å²) in [4.78, 5) is 32.2. The molecule has 2 aromatic carbocycles. The lowest BCUT2D eigenvalue weighted by molar-refractivity contribution is -0.132. The van der Waals surface area contributed by atoms with Crippen LogP contribution >= 0.6 is 0 Å². The average molecular weight is 498 g/mol. The van der Waals surface area contributed by atoms with E-state index in [1.807, 2.05) is 37.3 Å². The van der Waals surface area contributed by atoms with Crippen LogP contribution in [0.3, 0.4) is 0 Å². The van der Waals surface area contributed by atoms with Crippen molar-refractivity contribution in [1.29, 1.82) is 0 Å². The van der Waals surface area contributed by atoms with E-state index in [1.54, 1.807) is 46.9 Å². The largest absolute Gasteiger partial charge is 0.329 e. The Morgan fingerprint density at radius 2 is 1.84 bits per heavy atom. The number of aryl methyl sites for hydroxylation is 2. The van der Waals surface area contributed by atoms with Gasteiger partial charge in [-0.3, -0.25) is 14.4 Å². The Morgan fingerprint density at radius 3 is 2.49 bits per heavy atom. The van der Waals surface area contributed by atoms with Crippen LogP contribution in [-0.4, -0.2) is 45.2 Å². The smallest absolute Gasteiger partial charge is 0.307 e. The zero-order chi connectivity index (χ0) is 26.3. The highest BCUT2D eigenvalue weighted by Crippen LogP contribution is 2.43. The van der Waals surface area contributed by atoms with Gasteiger partial charge in [0.2, 0.25) is 0 Å². The van der Waals surface area contributed by atoms with Crippen molar-refractivity contribution in [2.24, 2.45) is 7.05 Å². The molecule has 0 saturated carbocycles. The molecule has 0 spiro atoms. The van der Waals surface area contributed by atoms with Gasteiger partial charge in [-0.25, -0.2) is 9.18 Å². The van der Waals surface area contributed by atoms with Gasteiger partial charge in [-0.15, -0.1) is 0 Å². The van der Waals surface area contributed by atoms with Crippen molar-refractivity contribution in [2.45, 2.75) is 32.2 Å². The van der Waals surface area contributed by atoms with Crippen molar-refractivity contribution in [1.82, 2.24) is 14.7 Å². The normalized spacial score (nSPS) is 19.6. The van der Waals surface area contributed by atoms with E-state index in [0.29, 0.717) is 42.0 Å². The van der Waals surface area contributed by atoms with E-state index in [2.05, 4.69) is 23.5 Å². The van der Waals surface area contributed by atoms with Crippen LogP contribution in [0.5, 0.6) is 0 Å². The molecule has 7 nitrogen and oxygen atoms in total. The summed E-state index contributed by atoms with van der Waals surface area (Å²) in [6, 6.07) is 12.1.